The fourth-order valence-electron chi connectivity index (χ4n) is 2.27. The first-order valence-electron chi connectivity index (χ1n) is 6.29. The van der Waals surface area contributed by atoms with Gasteiger partial charge in [-0.25, -0.2) is 0 Å². The van der Waals surface area contributed by atoms with Crippen LogP contribution in [0.25, 0.3) is 0 Å². The van der Waals surface area contributed by atoms with Gasteiger partial charge in [-0.15, -0.1) is 0 Å². The molecular weight excluding hydrogens is 230 g/mol. The minimum atomic E-state index is -0.0497. The van der Waals surface area contributed by atoms with Gasteiger partial charge in [0, 0.05) is 13.2 Å². The molecule has 18 heavy (non-hydrogen) atoms. The maximum Gasteiger partial charge on any atom is 0.226 e. The van der Waals surface area contributed by atoms with Crippen molar-refractivity contribution in [3.8, 4) is 0 Å². The number of aliphatic hydroxyl groups is 1. The second-order valence-corrected chi connectivity index (χ2v) is 4.62. The summed E-state index contributed by atoms with van der Waals surface area (Å²) in [6.45, 7) is 3.04. The molecule has 0 saturated carbocycles. The smallest absolute Gasteiger partial charge is 0.226 e. The molecule has 4 nitrogen and oxygen atoms in total. The SMILES string of the molecule is CC1OCCC1C(=O)NCc1ccccc1CO. The van der Waals surface area contributed by atoms with Crippen LogP contribution in [0.1, 0.15) is 24.5 Å². The zero-order valence-electron chi connectivity index (χ0n) is 10.6. The molecule has 1 aromatic carbocycles. The zero-order chi connectivity index (χ0) is 13.0. The Morgan fingerprint density at radius 1 is 1.44 bits per heavy atom. The van der Waals surface area contributed by atoms with Crippen molar-refractivity contribution in [3.63, 3.8) is 0 Å². The molecule has 1 fully saturated rings. The van der Waals surface area contributed by atoms with E-state index in [9.17, 15) is 9.90 Å². The summed E-state index contributed by atoms with van der Waals surface area (Å²) in [4.78, 5) is 12.0. The molecule has 1 aromatic rings. The van der Waals surface area contributed by atoms with Crippen LogP contribution in [0.4, 0.5) is 0 Å². The number of hydrogen-bond donors (Lipinski definition) is 2. The van der Waals surface area contributed by atoms with Crippen LogP contribution in [-0.4, -0.2) is 23.7 Å². The lowest BCUT2D eigenvalue weighted by Gasteiger charge is -2.15. The van der Waals surface area contributed by atoms with Crippen molar-refractivity contribution < 1.29 is 14.6 Å². The number of nitrogens with one attached hydrogen (secondary N) is 1. The highest BCUT2D eigenvalue weighted by Crippen LogP contribution is 2.20. The summed E-state index contributed by atoms with van der Waals surface area (Å²) < 4.78 is 5.38. The number of benzene rings is 1. The van der Waals surface area contributed by atoms with E-state index in [0.717, 1.165) is 17.5 Å². The number of amides is 1. The van der Waals surface area contributed by atoms with Gasteiger partial charge in [-0.05, 0) is 24.5 Å². The molecule has 2 unspecified atom stereocenters. The number of ether oxygens (including phenoxy) is 1. The molecule has 98 valence electrons. The van der Waals surface area contributed by atoms with Crippen molar-refractivity contribution in [1.82, 2.24) is 5.32 Å². The van der Waals surface area contributed by atoms with Crippen LogP contribution in [0.15, 0.2) is 24.3 Å². The lowest BCUT2D eigenvalue weighted by atomic mass is 10.0. The van der Waals surface area contributed by atoms with Gasteiger partial charge >= 0.3 is 0 Å². The van der Waals surface area contributed by atoms with Gasteiger partial charge in [-0.1, -0.05) is 24.3 Å². The summed E-state index contributed by atoms with van der Waals surface area (Å²) in [7, 11) is 0. The van der Waals surface area contributed by atoms with Crippen LogP contribution in [0.3, 0.4) is 0 Å². The van der Waals surface area contributed by atoms with Crippen molar-refractivity contribution in [2.24, 2.45) is 5.92 Å². The average molecular weight is 249 g/mol. The third-order valence-electron chi connectivity index (χ3n) is 3.45. The van der Waals surface area contributed by atoms with Crippen molar-refractivity contribution in [1.29, 1.82) is 0 Å². The van der Waals surface area contributed by atoms with Gasteiger partial charge in [0.1, 0.15) is 0 Å². The topological polar surface area (TPSA) is 58.6 Å². The second-order valence-electron chi connectivity index (χ2n) is 4.62. The predicted molar refractivity (Wildman–Crippen MR) is 67.7 cm³/mol. The van der Waals surface area contributed by atoms with Gasteiger partial charge < -0.3 is 15.2 Å². The number of carbonyl (C=O) groups is 1. The number of hydrogen-bond acceptors (Lipinski definition) is 3. The number of carbonyl (C=O) groups excluding carboxylic acids is 1. The average Bonchev–Trinajstić information content (AvgIpc) is 2.82. The molecule has 0 aromatic heterocycles. The summed E-state index contributed by atoms with van der Waals surface area (Å²) in [5.74, 6) is -0.0148. The van der Waals surface area contributed by atoms with Crippen LogP contribution >= 0.6 is 0 Å². The molecule has 4 heteroatoms. The number of rotatable bonds is 4. The Balaban J connectivity index is 1.93. The summed E-state index contributed by atoms with van der Waals surface area (Å²) in [6, 6.07) is 7.56. The lowest BCUT2D eigenvalue weighted by Crippen LogP contribution is -2.33. The highest BCUT2D eigenvalue weighted by molar-refractivity contribution is 5.79. The predicted octanol–water partition coefficient (Wildman–Crippen LogP) is 1.22. The van der Waals surface area contributed by atoms with Crippen LogP contribution in [0.5, 0.6) is 0 Å². The van der Waals surface area contributed by atoms with Crippen LogP contribution in [0.2, 0.25) is 0 Å². The van der Waals surface area contributed by atoms with E-state index in [1.165, 1.54) is 0 Å². The van der Waals surface area contributed by atoms with Crippen molar-refractivity contribution in [2.45, 2.75) is 32.6 Å². The standard InChI is InChI=1S/C14H19NO3/c1-10-13(6-7-18-10)14(17)15-8-11-4-2-3-5-12(11)9-16/h2-5,10,13,16H,6-9H2,1H3,(H,15,17). The quantitative estimate of drug-likeness (QED) is 0.843. The maximum absolute atomic E-state index is 12.0. The molecule has 2 atom stereocenters. The highest BCUT2D eigenvalue weighted by Gasteiger charge is 2.30. The van der Waals surface area contributed by atoms with E-state index in [1.54, 1.807) is 0 Å². The monoisotopic (exact) mass is 249 g/mol. The Kier molecular flexibility index (Phi) is 4.33. The summed E-state index contributed by atoms with van der Waals surface area (Å²) in [6.07, 6.45) is 0.785. The molecule has 0 bridgehead atoms. The van der Waals surface area contributed by atoms with Gasteiger partial charge in [-0.3, -0.25) is 4.79 Å². The Labute approximate surface area is 107 Å². The largest absolute Gasteiger partial charge is 0.392 e. The Hall–Kier alpha value is -1.39. The van der Waals surface area contributed by atoms with Gasteiger partial charge in [-0.2, -0.15) is 0 Å². The lowest BCUT2D eigenvalue weighted by molar-refractivity contribution is -0.126. The van der Waals surface area contributed by atoms with Gasteiger partial charge in [0.15, 0.2) is 0 Å². The van der Waals surface area contributed by atoms with E-state index >= 15 is 0 Å². The van der Waals surface area contributed by atoms with Crippen LogP contribution < -0.4 is 5.32 Å². The maximum atomic E-state index is 12.0. The Morgan fingerprint density at radius 3 is 2.78 bits per heavy atom. The zero-order valence-corrected chi connectivity index (χ0v) is 10.6. The van der Waals surface area contributed by atoms with Crippen molar-refractivity contribution >= 4 is 5.91 Å². The molecule has 2 N–H and O–H groups in total. The fourth-order valence-corrected chi connectivity index (χ4v) is 2.27. The fraction of sp³-hybridized carbons (Fsp3) is 0.500. The second kappa shape index (κ2) is 5.98. The first-order valence-corrected chi connectivity index (χ1v) is 6.29. The van der Waals surface area contributed by atoms with Crippen LogP contribution in [0, 0.1) is 5.92 Å². The van der Waals surface area contributed by atoms with E-state index in [0.29, 0.717) is 13.2 Å². The molecule has 0 radical (unpaired) electrons. The van der Waals surface area contributed by atoms with E-state index in [-0.39, 0.29) is 24.5 Å². The van der Waals surface area contributed by atoms with Crippen molar-refractivity contribution in [2.75, 3.05) is 6.61 Å². The minimum Gasteiger partial charge on any atom is -0.392 e. The normalized spacial score (nSPS) is 23.0. The molecule has 1 saturated heterocycles. The van der Waals surface area contributed by atoms with Gasteiger partial charge in [0.25, 0.3) is 0 Å². The molecule has 0 aliphatic carbocycles. The van der Waals surface area contributed by atoms with Crippen LogP contribution in [-0.2, 0) is 22.7 Å². The third-order valence-corrected chi connectivity index (χ3v) is 3.45. The minimum absolute atomic E-state index is 0.00177. The van der Waals surface area contributed by atoms with E-state index in [1.807, 2.05) is 31.2 Å². The first kappa shape index (κ1) is 13.1. The van der Waals surface area contributed by atoms with E-state index < -0.39 is 0 Å². The highest BCUT2D eigenvalue weighted by atomic mass is 16.5. The summed E-state index contributed by atoms with van der Waals surface area (Å²) in [5, 5.41) is 12.1. The molecule has 1 heterocycles. The third kappa shape index (κ3) is 2.89. The van der Waals surface area contributed by atoms with Gasteiger partial charge in [0.05, 0.1) is 18.6 Å². The molecule has 1 aliphatic rings. The van der Waals surface area contributed by atoms with E-state index in [4.69, 9.17) is 4.74 Å². The molecular formula is C14H19NO3. The first-order chi connectivity index (χ1) is 8.72. The molecule has 2 rings (SSSR count). The molecule has 0 spiro atoms. The van der Waals surface area contributed by atoms with Crippen molar-refractivity contribution in [3.05, 3.63) is 35.4 Å². The van der Waals surface area contributed by atoms with E-state index in [2.05, 4.69) is 5.32 Å². The van der Waals surface area contributed by atoms with Gasteiger partial charge in [0.2, 0.25) is 5.91 Å². The number of aliphatic hydroxyl groups excluding tert-OH is 1. The summed E-state index contributed by atoms with van der Waals surface area (Å²) >= 11 is 0. The Bertz CT molecular complexity index is 419. The molecule has 1 aliphatic heterocycles. The Morgan fingerprint density at radius 2 is 2.17 bits per heavy atom. The summed E-state index contributed by atoms with van der Waals surface area (Å²) in [5.41, 5.74) is 1.81. The molecule has 1 amide bonds.